The third-order valence-electron chi connectivity index (χ3n) is 4.02. The van der Waals surface area contributed by atoms with Crippen molar-refractivity contribution >= 4 is 11.9 Å². The number of rotatable bonds is 4. The lowest BCUT2D eigenvalue weighted by Crippen LogP contribution is -2.56. The maximum absolute atomic E-state index is 12.0. The van der Waals surface area contributed by atoms with Gasteiger partial charge in [0.15, 0.2) is 0 Å². The number of aliphatic carboxylic acids is 1. The summed E-state index contributed by atoms with van der Waals surface area (Å²) < 4.78 is 0. The van der Waals surface area contributed by atoms with E-state index in [0.717, 1.165) is 19.3 Å². The predicted molar refractivity (Wildman–Crippen MR) is 74.8 cm³/mol. The van der Waals surface area contributed by atoms with Gasteiger partial charge in [-0.25, -0.2) is 4.79 Å². The van der Waals surface area contributed by atoms with Crippen molar-refractivity contribution in [2.45, 2.75) is 71.8 Å². The van der Waals surface area contributed by atoms with Gasteiger partial charge in [-0.15, -0.1) is 0 Å². The minimum atomic E-state index is -1.03. The molecule has 19 heavy (non-hydrogen) atoms. The molecule has 1 saturated carbocycles. The lowest BCUT2D eigenvalue weighted by atomic mass is 9.77. The van der Waals surface area contributed by atoms with Gasteiger partial charge in [0.05, 0.1) is 0 Å². The second-order valence-corrected chi connectivity index (χ2v) is 7.18. The van der Waals surface area contributed by atoms with E-state index in [0.29, 0.717) is 25.2 Å². The fourth-order valence-corrected chi connectivity index (χ4v) is 2.47. The Morgan fingerprint density at radius 2 is 1.79 bits per heavy atom. The zero-order chi connectivity index (χ0) is 14.7. The molecule has 0 spiro atoms. The SMILES string of the molecule is CC1CCC(NC(=O)CCC(C)(C)C)(C(=O)O)CC1. The first-order valence-corrected chi connectivity index (χ1v) is 7.19. The summed E-state index contributed by atoms with van der Waals surface area (Å²) in [4.78, 5) is 23.5. The van der Waals surface area contributed by atoms with Crippen LogP contribution in [0.2, 0.25) is 0 Å². The molecule has 4 heteroatoms. The molecule has 0 bridgehead atoms. The van der Waals surface area contributed by atoms with E-state index in [1.807, 2.05) is 0 Å². The first-order chi connectivity index (χ1) is 8.65. The van der Waals surface area contributed by atoms with E-state index in [-0.39, 0.29) is 11.3 Å². The van der Waals surface area contributed by atoms with Gasteiger partial charge in [-0.2, -0.15) is 0 Å². The highest BCUT2D eigenvalue weighted by Gasteiger charge is 2.42. The van der Waals surface area contributed by atoms with Crippen molar-refractivity contribution in [2.24, 2.45) is 11.3 Å². The van der Waals surface area contributed by atoms with Crippen LogP contribution in [0.3, 0.4) is 0 Å². The maximum Gasteiger partial charge on any atom is 0.329 e. The third-order valence-corrected chi connectivity index (χ3v) is 4.02. The topological polar surface area (TPSA) is 66.4 Å². The van der Waals surface area contributed by atoms with Crippen molar-refractivity contribution in [1.29, 1.82) is 0 Å². The number of carbonyl (C=O) groups excluding carboxylic acids is 1. The first kappa shape index (κ1) is 16.0. The van der Waals surface area contributed by atoms with Crippen LogP contribution in [-0.4, -0.2) is 22.5 Å². The van der Waals surface area contributed by atoms with Crippen LogP contribution >= 0.6 is 0 Å². The molecule has 0 atom stereocenters. The summed E-state index contributed by atoms with van der Waals surface area (Å²) in [7, 11) is 0. The molecule has 0 unspecified atom stereocenters. The quantitative estimate of drug-likeness (QED) is 0.824. The molecule has 1 rings (SSSR count). The van der Waals surface area contributed by atoms with Crippen LogP contribution in [0, 0.1) is 11.3 Å². The molecule has 0 radical (unpaired) electrons. The van der Waals surface area contributed by atoms with Gasteiger partial charge >= 0.3 is 5.97 Å². The lowest BCUT2D eigenvalue weighted by Gasteiger charge is -2.36. The Morgan fingerprint density at radius 1 is 1.26 bits per heavy atom. The van der Waals surface area contributed by atoms with Crippen molar-refractivity contribution in [1.82, 2.24) is 5.32 Å². The van der Waals surface area contributed by atoms with Crippen LogP contribution in [0.4, 0.5) is 0 Å². The van der Waals surface area contributed by atoms with Crippen molar-refractivity contribution in [2.75, 3.05) is 0 Å². The second kappa shape index (κ2) is 5.93. The standard InChI is InChI=1S/C15H27NO3/c1-11-5-9-15(10-6-11,13(18)19)16-12(17)7-8-14(2,3)4/h11H,5-10H2,1-4H3,(H,16,17)(H,18,19). The van der Waals surface area contributed by atoms with E-state index in [9.17, 15) is 14.7 Å². The van der Waals surface area contributed by atoms with Gasteiger partial charge in [-0.3, -0.25) is 4.79 Å². The van der Waals surface area contributed by atoms with Crippen molar-refractivity contribution in [3.63, 3.8) is 0 Å². The zero-order valence-electron chi connectivity index (χ0n) is 12.6. The number of hydrogen-bond acceptors (Lipinski definition) is 2. The van der Waals surface area contributed by atoms with Crippen LogP contribution in [0.15, 0.2) is 0 Å². The molecular formula is C15H27NO3. The summed E-state index contributed by atoms with van der Waals surface area (Å²) in [6, 6.07) is 0. The van der Waals surface area contributed by atoms with Gasteiger partial charge in [-0.1, -0.05) is 27.7 Å². The fourth-order valence-electron chi connectivity index (χ4n) is 2.47. The zero-order valence-corrected chi connectivity index (χ0v) is 12.6. The van der Waals surface area contributed by atoms with Gasteiger partial charge in [0.1, 0.15) is 5.54 Å². The molecule has 0 aromatic carbocycles. The third kappa shape index (κ3) is 4.84. The molecule has 1 aliphatic rings. The van der Waals surface area contributed by atoms with Crippen LogP contribution in [0.5, 0.6) is 0 Å². The second-order valence-electron chi connectivity index (χ2n) is 7.18. The summed E-state index contributed by atoms with van der Waals surface area (Å²) in [5.74, 6) is -0.464. The van der Waals surface area contributed by atoms with Crippen molar-refractivity contribution < 1.29 is 14.7 Å². The van der Waals surface area contributed by atoms with Gasteiger partial charge in [0.2, 0.25) is 5.91 Å². The molecular weight excluding hydrogens is 242 g/mol. The Morgan fingerprint density at radius 3 is 2.21 bits per heavy atom. The number of carbonyl (C=O) groups is 2. The van der Waals surface area contributed by atoms with Crippen molar-refractivity contribution in [3.8, 4) is 0 Å². The fraction of sp³-hybridized carbons (Fsp3) is 0.867. The Kier molecular flexibility index (Phi) is 4.99. The largest absolute Gasteiger partial charge is 0.480 e. The summed E-state index contributed by atoms with van der Waals surface area (Å²) in [6.45, 7) is 8.37. The summed E-state index contributed by atoms with van der Waals surface area (Å²) in [5.41, 5.74) is -0.934. The minimum Gasteiger partial charge on any atom is -0.480 e. The van der Waals surface area contributed by atoms with Gasteiger partial charge in [-0.05, 0) is 43.4 Å². The number of hydrogen-bond donors (Lipinski definition) is 2. The predicted octanol–water partition coefficient (Wildman–Crippen LogP) is 2.96. The van der Waals surface area contributed by atoms with E-state index in [1.165, 1.54) is 0 Å². The number of carboxylic acid groups (broad SMARTS) is 1. The molecule has 0 aliphatic heterocycles. The molecule has 110 valence electrons. The Hall–Kier alpha value is -1.06. The molecule has 2 N–H and O–H groups in total. The highest BCUT2D eigenvalue weighted by Crippen LogP contribution is 2.32. The van der Waals surface area contributed by atoms with Crippen LogP contribution in [-0.2, 0) is 9.59 Å². The first-order valence-electron chi connectivity index (χ1n) is 7.19. The van der Waals surface area contributed by atoms with E-state index >= 15 is 0 Å². The molecule has 0 saturated heterocycles. The van der Waals surface area contributed by atoms with Gasteiger partial charge in [0, 0.05) is 6.42 Å². The van der Waals surface area contributed by atoms with E-state index in [1.54, 1.807) is 0 Å². The molecule has 1 fully saturated rings. The average molecular weight is 269 g/mol. The van der Waals surface area contributed by atoms with Crippen LogP contribution in [0.25, 0.3) is 0 Å². The van der Waals surface area contributed by atoms with E-state index in [4.69, 9.17) is 0 Å². The number of carboxylic acids is 1. The monoisotopic (exact) mass is 269 g/mol. The molecule has 0 aromatic heterocycles. The highest BCUT2D eigenvalue weighted by molar-refractivity contribution is 5.87. The molecule has 4 nitrogen and oxygen atoms in total. The Bertz CT molecular complexity index is 336. The number of nitrogens with one attached hydrogen (secondary N) is 1. The van der Waals surface area contributed by atoms with Crippen molar-refractivity contribution in [3.05, 3.63) is 0 Å². The highest BCUT2D eigenvalue weighted by atomic mass is 16.4. The normalized spacial score (nSPS) is 27.9. The molecule has 0 aromatic rings. The van der Waals surface area contributed by atoms with Crippen LogP contribution < -0.4 is 5.32 Å². The Balaban J connectivity index is 2.59. The molecule has 1 amide bonds. The maximum atomic E-state index is 12.0. The smallest absolute Gasteiger partial charge is 0.329 e. The Labute approximate surface area is 116 Å². The summed E-state index contributed by atoms with van der Waals surface area (Å²) in [6.07, 6.45) is 3.99. The summed E-state index contributed by atoms with van der Waals surface area (Å²) in [5, 5.41) is 12.2. The number of amides is 1. The van der Waals surface area contributed by atoms with E-state index in [2.05, 4.69) is 33.0 Å². The van der Waals surface area contributed by atoms with Crippen LogP contribution in [0.1, 0.15) is 66.2 Å². The molecule has 0 heterocycles. The van der Waals surface area contributed by atoms with Gasteiger partial charge < -0.3 is 10.4 Å². The average Bonchev–Trinajstić information content (AvgIpc) is 2.29. The molecule has 1 aliphatic carbocycles. The lowest BCUT2D eigenvalue weighted by molar-refractivity contribution is -0.149. The van der Waals surface area contributed by atoms with E-state index < -0.39 is 11.5 Å². The summed E-state index contributed by atoms with van der Waals surface area (Å²) >= 11 is 0. The minimum absolute atomic E-state index is 0.0921. The van der Waals surface area contributed by atoms with Gasteiger partial charge in [0.25, 0.3) is 0 Å².